The monoisotopic (exact) mass is 603 g/mol. The summed E-state index contributed by atoms with van der Waals surface area (Å²) in [6.45, 7) is 7.56. The molecule has 1 heterocycles. The quantitative estimate of drug-likeness (QED) is 0.272. The number of hydrogen-bond acceptors (Lipinski definition) is 5. The number of amides is 3. The van der Waals surface area contributed by atoms with Crippen LogP contribution in [0.3, 0.4) is 0 Å². The maximum absolute atomic E-state index is 14.4. The lowest BCUT2D eigenvalue weighted by Gasteiger charge is -2.35. The first-order valence-electron chi connectivity index (χ1n) is 14.8. The van der Waals surface area contributed by atoms with Crippen LogP contribution >= 0.6 is 11.6 Å². The van der Waals surface area contributed by atoms with E-state index in [-0.39, 0.29) is 43.1 Å². The van der Waals surface area contributed by atoms with Gasteiger partial charge in [0.05, 0.1) is 18.0 Å². The summed E-state index contributed by atoms with van der Waals surface area (Å²) in [6, 6.07) is 9.50. The van der Waals surface area contributed by atoms with E-state index >= 15 is 0 Å². The largest absolute Gasteiger partial charge is 0.491 e. The Kier molecular flexibility index (Phi) is 12.6. The minimum Gasteiger partial charge on any atom is -0.491 e. The van der Waals surface area contributed by atoms with Crippen molar-refractivity contribution in [3.63, 3.8) is 0 Å². The van der Waals surface area contributed by atoms with Crippen LogP contribution in [-0.4, -0.2) is 71.0 Å². The van der Waals surface area contributed by atoms with E-state index in [1.807, 2.05) is 39.0 Å². The highest BCUT2D eigenvalue weighted by atomic mass is 35.5. The Bertz CT molecular complexity index is 1240. The summed E-state index contributed by atoms with van der Waals surface area (Å²) in [6.07, 6.45) is 5.57. The second-order valence-electron chi connectivity index (χ2n) is 10.9. The summed E-state index contributed by atoms with van der Waals surface area (Å²) in [5, 5.41) is 9.78. The lowest BCUT2D eigenvalue weighted by molar-refractivity contribution is -0.138. The lowest BCUT2D eigenvalue weighted by Crippen LogP contribution is -2.35. The molecule has 1 aliphatic heterocycles. The van der Waals surface area contributed by atoms with Gasteiger partial charge in [0.2, 0.25) is 5.91 Å². The molecule has 2 aliphatic rings. The van der Waals surface area contributed by atoms with Gasteiger partial charge in [0.25, 0.3) is 0 Å². The molecule has 2 fully saturated rings. The van der Waals surface area contributed by atoms with Crippen LogP contribution in [0.1, 0.15) is 75.1 Å². The number of nitrogens with zero attached hydrogens (tertiary/aromatic N) is 3. The lowest BCUT2D eigenvalue weighted by atomic mass is 9.88. The number of carbonyl (C=O) groups excluding carboxylic acids is 2. The van der Waals surface area contributed by atoms with Crippen molar-refractivity contribution in [2.75, 3.05) is 33.3 Å². The number of rotatable bonds is 12. The van der Waals surface area contributed by atoms with Gasteiger partial charge in [0, 0.05) is 26.2 Å². The van der Waals surface area contributed by atoms with Crippen molar-refractivity contribution in [3.05, 3.63) is 63.9 Å². The first-order valence-corrected chi connectivity index (χ1v) is 15.2. The molecule has 2 aromatic carbocycles. The number of urea groups is 1. The Morgan fingerprint density at radius 3 is 2.45 bits per heavy atom. The highest BCUT2D eigenvalue weighted by Crippen LogP contribution is 2.33. The fourth-order valence-corrected chi connectivity index (χ4v) is 5.81. The molecular formula is C32H43ClFN3O5. The number of likely N-dealkylation sites (N-methyl/N-ethyl adjacent to an activating group) is 1. The second kappa shape index (κ2) is 15.9. The average molecular weight is 604 g/mol. The Hall–Kier alpha value is -3.17. The van der Waals surface area contributed by atoms with Crippen LogP contribution in [0, 0.1) is 18.7 Å². The third kappa shape index (κ3) is 8.91. The maximum Gasteiger partial charge on any atom is 0.327 e. The Labute approximate surface area is 253 Å². The molecule has 3 amide bonds. The summed E-state index contributed by atoms with van der Waals surface area (Å²) in [7, 11) is 1.59. The Balaban J connectivity index is 0.00000237. The molecule has 1 saturated heterocycles. The van der Waals surface area contributed by atoms with Gasteiger partial charge >= 0.3 is 12.0 Å². The standard InChI is InChI=1S/C30H37ClFN3O5.C2H6/c1-20-14-22(8-11-27(20)40-13-12-35-28(36)19-33(2)30(35)39)18-34(17-21-6-4-3-5-7-21)26(16-29(37)38)23-9-10-24(31)25(32)15-23;1-2/h8-11,14-15,21,26H,3-7,12-13,16-19H2,1-2H3,(H,37,38);1-2H3/t26-;/m1./s1. The van der Waals surface area contributed by atoms with E-state index < -0.39 is 17.8 Å². The van der Waals surface area contributed by atoms with Crippen molar-refractivity contribution < 1.29 is 28.6 Å². The molecule has 0 bridgehead atoms. The van der Waals surface area contributed by atoms with Crippen LogP contribution in [0.5, 0.6) is 5.75 Å². The Morgan fingerprint density at radius 2 is 1.86 bits per heavy atom. The fourth-order valence-electron chi connectivity index (χ4n) is 5.69. The normalized spacial score (nSPS) is 16.5. The van der Waals surface area contributed by atoms with Gasteiger partial charge in [-0.05, 0) is 60.6 Å². The summed E-state index contributed by atoms with van der Waals surface area (Å²) in [4.78, 5) is 40.7. The van der Waals surface area contributed by atoms with E-state index in [4.69, 9.17) is 16.3 Å². The predicted molar refractivity (Wildman–Crippen MR) is 161 cm³/mol. The molecule has 1 N–H and O–H groups in total. The van der Waals surface area contributed by atoms with Crippen LogP contribution in [0.25, 0.3) is 0 Å². The number of hydrogen-bond donors (Lipinski definition) is 1. The molecule has 1 saturated carbocycles. The fraction of sp³-hybridized carbons (Fsp3) is 0.531. The Morgan fingerprint density at radius 1 is 1.14 bits per heavy atom. The smallest absolute Gasteiger partial charge is 0.327 e. The van der Waals surface area contributed by atoms with Gasteiger partial charge in [-0.3, -0.25) is 19.4 Å². The van der Waals surface area contributed by atoms with E-state index in [0.29, 0.717) is 30.3 Å². The summed E-state index contributed by atoms with van der Waals surface area (Å²) in [5.74, 6) is -0.654. The first-order chi connectivity index (χ1) is 20.1. The average Bonchev–Trinajstić information content (AvgIpc) is 3.21. The molecule has 0 aromatic heterocycles. The summed E-state index contributed by atoms with van der Waals surface area (Å²) >= 11 is 5.93. The number of carboxylic acid groups (broad SMARTS) is 1. The minimum atomic E-state index is -0.949. The molecule has 1 aliphatic carbocycles. The van der Waals surface area contributed by atoms with Gasteiger partial charge in [0.1, 0.15) is 24.7 Å². The van der Waals surface area contributed by atoms with Crippen molar-refractivity contribution in [3.8, 4) is 5.75 Å². The molecule has 1 atom stereocenters. The molecule has 0 spiro atoms. The van der Waals surface area contributed by atoms with Crippen molar-refractivity contribution in [1.29, 1.82) is 0 Å². The summed E-state index contributed by atoms with van der Waals surface area (Å²) in [5.41, 5.74) is 2.46. The number of carboxylic acids is 1. The maximum atomic E-state index is 14.4. The number of benzene rings is 2. The third-order valence-corrected chi connectivity index (χ3v) is 8.09. The predicted octanol–water partition coefficient (Wildman–Crippen LogP) is 6.68. The molecule has 42 heavy (non-hydrogen) atoms. The van der Waals surface area contributed by atoms with Gasteiger partial charge in [0.15, 0.2) is 0 Å². The van der Waals surface area contributed by atoms with Crippen LogP contribution < -0.4 is 4.74 Å². The molecule has 10 heteroatoms. The van der Waals surface area contributed by atoms with E-state index in [9.17, 15) is 23.9 Å². The number of aliphatic carboxylic acids is 1. The van der Waals surface area contributed by atoms with E-state index in [1.165, 1.54) is 28.4 Å². The number of imide groups is 1. The van der Waals surface area contributed by atoms with Crippen LogP contribution in [0.4, 0.5) is 9.18 Å². The van der Waals surface area contributed by atoms with Crippen LogP contribution in [0.2, 0.25) is 5.02 Å². The van der Waals surface area contributed by atoms with Crippen LogP contribution in [-0.2, 0) is 16.1 Å². The van der Waals surface area contributed by atoms with Gasteiger partial charge < -0.3 is 14.7 Å². The summed E-state index contributed by atoms with van der Waals surface area (Å²) < 4.78 is 20.3. The third-order valence-electron chi connectivity index (χ3n) is 7.78. The first kappa shape index (κ1) is 33.3. The number of aryl methyl sites for hydroxylation is 1. The molecule has 0 unspecified atom stereocenters. The van der Waals surface area contributed by atoms with Gasteiger partial charge in [-0.2, -0.15) is 0 Å². The number of halogens is 2. The van der Waals surface area contributed by atoms with Crippen molar-refractivity contribution in [2.24, 2.45) is 5.92 Å². The molecular weight excluding hydrogens is 561 g/mol. The van der Waals surface area contributed by atoms with Crippen molar-refractivity contribution >= 4 is 29.5 Å². The van der Waals surface area contributed by atoms with Crippen LogP contribution in [0.15, 0.2) is 36.4 Å². The second-order valence-corrected chi connectivity index (χ2v) is 11.3. The molecule has 8 nitrogen and oxygen atoms in total. The molecule has 230 valence electrons. The van der Waals surface area contributed by atoms with Gasteiger partial charge in [-0.1, -0.05) is 62.9 Å². The zero-order chi connectivity index (χ0) is 30.8. The zero-order valence-corrected chi connectivity index (χ0v) is 25.8. The number of carbonyl (C=O) groups is 3. The van der Waals surface area contributed by atoms with E-state index in [1.54, 1.807) is 13.1 Å². The minimum absolute atomic E-state index is 0.00773. The molecule has 2 aromatic rings. The topological polar surface area (TPSA) is 90.4 Å². The van der Waals surface area contributed by atoms with Gasteiger partial charge in [-0.15, -0.1) is 0 Å². The number of ether oxygens (including phenoxy) is 1. The van der Waals surface area contributed by atoms with E-state index in [0.717, 1.165) is 36.8 Å². The van der Waals surface area contributed by atoms with Gasteiger partial charge in [-0.25, -0.2) is 9.18 Å². The highest BCUT2D eigenvalue weighted by Gasteiger charge is 2.33. The highest BCUT2D eigenvalue weighted by molar-refractivity contribution is 6.30. The zero-order valence-electron chi connectivity index (χ0n) is 25.1. The van der Waals surface area contributed by atoms with Crippen molar-refractivity contribution in [2.45, 2.75) is 71.9 Å². The van der Waals surface area contributed by atoms with E-state index in [2.05, 4.69) is 4.90 Å². The van der Waals surface area contributed by atoms with Crippen molar-refractivity contribution in [1.82, 2.24) is 14.7 Å². The SMILES string of the molecule is CC.Cc1cc(CN(CC2CCCCC2)[C@H](CC(=O)O)c2ccc(Cl)c(F)c2)ccc1OCCN1C(=O)CN(C)C1=O. The molecule has 0 radical (unpaired) electrons. The molecule has 4 rings (SSSR count).